The molecule has 1 saturated carbocycles. The van der Waals surface area contributed by atoms with Crippen LogP contribution in [0.1, 0.15) is 36.4 Å². The van der Waals surface area contributed by atoms with Crippen molar-refractivity contribution < 1.29 is 0 Å². The zero-order chi connectivity index (χ0) is 8.89. The molecular formula is C11H14N2. The van der Waals surface area contributed by atoms with Crippen LogP contribution in [0.2, 0.25) is 0 Å². The Hall–Kier alpha value is -0.890. The summed E-state index contributed by atoms with van der Waals surface area (Å²) in [5.74, 6) is 0. The SMILES string of the molecule is NC1c2ccncc2CCC12CC2. The van der Waals surface area contributed by atoms with Gasteiger partial charge in [-0.05, 0) is 48.3 Å². The summed E-state index contributed by atoms with van der Waals surface area (Å²) in [4.78, 5) is 4.15. The summed E-state index contributed by atoms with van der Waals surface area (Å²) in [7, 11) is 0. The Kier molecular flexibility index (Phi) is 1.34. The Morgan fingerprint density at radius 3 is 3.00 bits per heavy atom. The van der Waals surface area contributed by atoms with E-state index in [0.29, 0.717) is 5.41 Å². The lowest BCUT2D eigenvalue weighted by Crippen LogP contribution is -2.28. The third kappa shape index (κ3) is 0.953. The fourth-order valence-corrected chi connectivity index (χ4v) is 2.54. The molecule has 1 atom stereocenters. The van der Waals surface area contributed by atoms with Crippen LogP contribution in [-0.2, 0) is 6.42 Å². The van der Waals surface area contributed by atoms with Crippen molar-refractivity contribution in [2.45, 2.75) is 31.7 Å². The first kappa shape index (κ1) is 7.51. The molecule has 1 aromatic rings. The van der Waals surface area contributed by atoms with Crippen molar-refractivity contribution in [3.63, 3.8) is 0 Å². The summed E-state index contributed by atoms with van der Waals surface area (Å²) in [5, 5.41) is 0. The molecule has 0 bridgehead atoms. The maximum absolute atomic E-state index is 6.26. The third-order valence-corrected chi connectivity index (χ3v) is 3.72. The van der Waals surface area contributed by atoms with Crippen LogP contribution in [0, 0.1) is 5.41 Å². The molecule has 2 heteroatoms. The standard InChI is InChI=1S/C11H14N2/c12-10-9-2-6-13-7-8(9)1-3-11(10)4-5-11/h2,6-7,10H,1,3-5,12H2. The van der Waals surface area contributed by atoms with E-state index in [9.17, 15) is 0 Å². The summed E-state index contributed by atoms with van der Waals surface area (Å²) >= 11 is 0. The average molecular weight is 174 g/mol. The van der Waals surface area contributed by atoms with E-state index in [4.69, 9.17) is 5.73 Å². The highest BCUT2D eigenvalue weighted by Gasteiger charge is 2.50. The molecule has 0 aliphatic heterocycles. The van der Waals surface area contributed by atoms with Crippen LogP contribution in [0.5, 0.6) is 0 Å². The van der Waals surface area contributed by atoms with Crippen molar-refractivity contribution in [3.8, 4) is 0 Å². The first-order valence-corrected chi connectivity index (χ1v) is 5.00. The predicted octanol–water partition coefficient (Wildman–Crippen LogP) is 1.81. The third-order valence-electron chi connectivity index (χ3n) is 3.72. The van der Waals surface area contributed by atoms with E-state index in [1.54, 1.807) is 0 Å². The number of fused-ring (bicyclic) bond motifs is 1. The van der Waals surface area contributed by atoms with Gasteiger partial charge in [-0.25, -0.2) is 0 Å². The second-order valence-corrected chi connectivity index (χ2v) is 4.41. The highest BCUT2D eigenvalue weighted by Crippen LogP contribution is 2.59. The lowest BCUT2D eigenvalue weighted by atomic mass is 9.78. The van der Waals surface area contributed by atoms with Gasteiger partial charge in [0.1, 0.15) is 0 Å². The van der Waals surface area contributed by atoms with Gasteiger partial charge in [0.05, 0.1) is 0 Å². The highest BCUT2D eigenvalue weighted by atomic mass is 14.8. The van der Waals surface area contributed by atoms with Gasteiger partial charge >= 0.3 is 0 Å². The summed E-state index contributed by atoms with van der Waals surface area (Å²) in [6, 6.07) is 2.37. The number of aromatic nitrogens is 1. The fourth-order valence-electron chi connectivity index (χ4n) is 2.54. The molecule has 3 rings (SSSR count). The van der Waals surface area contributed by atoms with Crippen molar-refractivity contribution in [2.75, 3.05) is 0 Å². The van der Waals surface area contributed by atoms with E-state index in [0.717, 1.165) is 0 Å². The van der Waals surface area contributed by atoms with E-state index < -0.39 is 0 Å². The number of rotatable bonds is 0. The zero-order valence-corrected chi connectivity index (χ0v) is 7.66. The lowest BCUT2D eigenvalue weighted by molar-refractivity contribution is 0.353. The summed E-state index contributed by atoms with van der Waals surface area (Å²) < 4.78 is 0. The van der Waals surface area contributed by atoms with Gasteiger partial charge in [0, 0.05) is 18.4 Å². The molecule has 0 saturated heterocycles. The van der Waals surface area contributed by atoms with E-state index in [2.05, 4.69) is 11.1 Å². The molecule has 0 aromatic carbocycles. The van der Waals surface area contributed by atoms with Crippen LogP contribution >= 0.6 is 0 Å². The van der Waals surface area contributed by atoms with Gasteiger partial charge in [-0.2, -0.15) is 0 Å². The van der Waals surface area contributed by atoms with Crippen molar-refractivity contribution in [1.29, 1.82) is 0 Å². The Morgan fingerprint density at radius 2 is 2.23 bits per heavy atom. The first-order chi connectivity index (χ1) is 6.32. The van der Waals surface area contributed by atoms with Crippen molar-refractivity contribution in [3.05, 3.63) is 29.6 Å². The molecule has 1 spiro atoms. The molecular weight excluding hydrogens is 160 g/mol. The minimum absolute atomic E-state index is 0.277. The fraction of sp³-hybridized carbons (Fsp3) is 0.545. The van der Waals surface area contributed by atoms with E-state index in [1.807, 2.05) is 12.4 Å². The Labute approximate surface area is 78.2 Å². The second kappa shape index (κ2) is 2.32. The quantitative estimate of drug-likeness (QED) is 0.651. The molecule has 2 aliphatic rings. The van der Waals surface area contributed by atoms with Crippen molar-refractivity contribution >= 4 is 0 Å². The van der Waals surface area contributed by atoms with Crippen LogP contribution in [0.4, 0.5) is 0 Å². The molecule has 0 amide bonds. The molecule has 1 fully saturated rings. The van der Waals surface area contributed by atoms with Gasteiger partial charge < -0.3 is 5.73 Å². The van der Waals surface area contributed by atoms with Crippen LogP contribution in [0.15, 0.2) is 18.5 Å². The molecule has 2 aliphatic carbocycles. The summed E-state index contributed by atoms with van der Waals surface area (Å²) in [6.45, 7) is 0. The van der Waals surface area contributed by atoms with Gasteiger partial charge in [0.15, 0.2) is 0 Å². The maximum Gasteiger partial charge on any atom is 0.0356 e. The number of nitrogens with zero attached hydrogens (tertiary/aromatic N) is 1. The van der Waals surface area contributed by atoms with E-state index in [-0.39, 0.29) is 6.04 Å². The van der Waals surface area contributed by atoms with E-state index >= 15 is 0 Å². The molecule has 68 valence electrons. The summed E-state index contributed by atoms with van der Waals surface area (Å²) in [6.07, 6.45) is 8.94. The van der Waals surface area contributed by atoms with Gasteiger partial charge in [0.2, 0.25) is 0 Å². The normalized spacial score (nSPS) is 28.5. The van der Waals surface area contributed by atoms with Crippen LogP contribution < -0.4 is 5.73 Å². The Bertz CT molecular complexity index is 342. The second-order valence-electron chi connectivity index (χ2n) is 4.41. The van der Waals surface area contributed by atoms with Gasteiger partial charge in [-0.1, -0.05) is 0 Å². The van der Waals surface area contributed by atoms with Crippen LogP contribution in [0.3, 0.4) is 0 Å². The van der Waals surface area contributed by atoms with E-state index in [1.165, 1.54) is 36.8 Å². The minimum Gasteiger partial charge on any atom is -0.323 e. The van der Waals surface area contributed by atoms with Gasteiger partial charge in [-0.15, -0.1) is 0 Å². The maximum atomic E-state index is 6.26. The number of hydrogen-bond donors (Lipinski definition) is 1. The van der Waals surface area contributed by atoms with Crippen LogP contribution in [-0.4, -0.2) is 4.98 Å². The molecule has 0 radical (unpaired) electrons. The minimum atomic E-state index is 0.277. The smallest absolute Gasteiger partial charge is 0.0356 e. The molecule has 1 unspecified atom stereocenters. The summed E-state index contributed by atoms with van der Waals surface area (Å²) in [5.41, 5.74) is 9.45. The molecule has 1 aromatic heterocycles. The molecule has 2 nitrogen and oxygen atoms in total. The topological polar surface area (TPSA) is 38.9 Å². The first-order valence-electron chi connectivity index (χ1n) is 5.00. The molecule has 2 N–H and O–H groups in total. The Morgan fingerprint density at radius 1 is 1.38 bits per heavy atom. The lowest BCUT2D eigenvalue weighted by Gasteiger charge is -2.30. The number of aryl methyl sites for hydroxylation is 1. The molecule has 13 heavy (non-hydrogen) atoms. The zero-order valence-electron chi connectivity index (χ0n) is 7.66. The largest absolute Gasteiger partial charge is 0.323 e. The molecule has 1 heterocycles. The number of nitrogens with two attached hydrogens (primary N) is 1. The highest BCUT2D eigenvalue weighted by molar-refractivity contribution is 5.33. The predicted molar refractivity (Wildman–Crippen MR) is 51.2 cm³/mol. The Balaban J connectivity index is 2.08. The monoisotopic (exact) mass is 174 g/mol. The average Bonchev–Trinajstić information content (AvgIpc) is 2.94. The van der Waals surface area contributed by atoms with Gasteiger partial charge in [-0.3, -0.25) is 4.98 Å². The van der Waals surface area contributed by atoms with Crippen LogP contribution in [0.25, 0.3) is 0 Å². The van der Waals surface area contributed by atoms with Crippen molar-refractivity contribution in [2.24, 2.45) is 11.1 Å². The van der Waals surface area contributed by atoms with Gasteiger partial charge in [0.25, 0.3) is 0 Å². The number of hydrogen-bond acceptors (Lipinski definition) is 2. The van der Waals surface area contributed by atoms with Crippen molar-refractivity contribution in [1.82, 2.24) is 4.98 Å². The number of pyridine rings is 1.